The Bertz CT molecular complexity index is 318. The third kappa shape index (κ3) is 3.85. The van der Waals surface area contributed by atoms with Crippen molar-refractivity contribution >= 4 is 6.03 Å². The molecular formula is C15H28N2O3. The molecule has 20 heavy (non-hydrogen) atoms. The maximum absolute atomic E-state index is 12.0. The lowest BCUT2D eigenvalue weighted by atomic mass is 9.69. The fourth-order valence-electron chi connectivity index (χ4n) is 3.58. The van der Waals surface area contributed by atoms with Crippen molar-refractivity contribution in [2.24, 2.45) is 11.3 Å². The van der Waals surface area contributed by atoms with Crippen molar-refractivity contribution in [2.45, 2.75) is 51.0 Å². The van der Waals surface area contributed by atoms with Gasteiger partial charge >= 0.3 is 6.03 Å². The molecule has 0 spiro atoms. The first kappa shape index (κ1) is 15.6. The molecule has 2 fully saturated rings. The first-order chi connectivity index (χ1) is 9.69. The Morgan fingerprint density at radius 2 is 2.15 bits per heavy atom. The molecule has 0 radical (unpaired) electrons. The van der Waals surface area contributed by atoms with Gasteiger partial charge in [-0.05, 0) is 38.0 Å². The molecule has 116 valence electrons. The maximum atomic E-state index is 12.0. The summed E-state index contributed by atoms with van der Waals surface area (Å²) in [5.74, 6) is 0.433. The molecule has 0 aromatic rings. The highest BCUT2D eigenvalue weighted by Crippen LogP contribution is 2.40. The van der Waals surface area contributed by atoms with Gasteiger partial charge in [0.25, 0.3) is 0 Å². The molecule has 5 nitrogen and oxygen atoms in total. The van der Waals surface area contributed by atoms with Crippen molar-refractivity contribution in [3.63, 3.8) is 0 Å². The van der Waals surface area contributed by atoms with Crippen LogP contribution in [0.2, 0.25) is 0 Å². The molecule has 0 aromatic carbocycles. The molecule has 2 aliphatic carbocycles. The van der Waals surface area contributed by atoms with E-state index in [2.05, 4.69) is 10.6 Å². The molecule has 0 aromatic heterocycles. The molecule has 3 N–H and O–H groups in total. The van der Waals surface area contributed by atoms with Crippen LogP contribution in [0.15, 0.2) is 0 Å². The third-order valence-electron chi connectivity index (χ3n) is 4.96. The van der Waals surface area contributed by atoms with E-state index in [1.807, 2.05) is 0 Å². The minimum atomic E-state index is -0.0674. The second kappa shape index (κ2) is 7.27. The third-order valence-corrected chi connectivity index (χ3v) is 4.96. The van der Waals surface area contributed by atoms with Crippen LogP contribution in [0.3, 0.4) is 0 Å². The number of methoxy groups -OCH3 is 1. The van der Waals surface area contributed by atoms with Crippen molar-refractivity contribution in [2.75, 3.05) is 26.9 Å². The van der Waals surface area contributed by atoms with Gasteiger partial charge in [0.05, 0.1) is 6.61 Å². The molecule has 5 heteroatoms. The number of carbonyl (C=O) groups excluding carboxylic acids is 1. The number of hydrogen-bond acceptors (Lipinski definition) is 3. The lowest BCUT2D eigenvalue weighted by Crippen LogP contribution is -2.50. The summed E-state index contributed by atoms with van der Waals surface area (Å²) in [6.45, 7) is 1.63. The predicted molar refractivity (Wildman–Crippen MR) is 77.5 cm³/mol. The zero-order valence-electron chi connectivity index (χ0n) is 12.5. The van der Waals surface area contributed by atoms with Gasteiger partial charge in [-0.25, -0.2) is 4.79 Å². The van der Waals surface area contributed by atoms with Gasteiger partial charge in [-0.3, -0.25) is 0 Å². The van der Waals surface area contributed by atoms with Crippen molar-refractivity contribution in [3.8, 4) is 0 Å². The van der Waals surface area contributed by atoms with Crippen LogP contribution in [-0.2, 0) is 4.74 Å². The summed E-state index contributed by atoms with van der Waals surface area (Å²) >= 11 is 0. The Balaban J connectivity index is 1.72. The number of ether oxygens (including phenoxy) is 1. The van der Waals surface area contributed by atoms with Gasteiger partial charge in [-0.1, -0.05) is 12.8 Å². The summed E-state index contributed by atoms with van der Waals surface area (Å²) in [5, 5.41) is 15.1. The summed E-state index contributed by atoms with van der Waals surface area (Å²) in [6.07, 6.45) is 7.57. The van der Waals surface area contributed by atoms with E-state index in [1.54, 1.807) is 7.11 Å². The molecule has 2 rings (SSSR count). The molecule has 0 heterocycles. The van der Waals surface area contributed by atoms with Crippen LogP contribution in [0, 0.1) is 11.3 Å². The Hall–Kier alpha value is -0.810. The Morgan fingerprint density at radius 1 is 1.35 bits per heavy atom. The highest BCUT2D eigenvalue weighted by atomic mass is 16.5. The Kier molecular flexibility index (Phi) is 5.66. The summed E-state index contributed by atoms with van der Waals surface area (Å²) < 4.78 is 5.26. The number of urea groups is 1. The Labute approximate surface area is 121 Å². The quantitative estimate of drug-likeness (QED) is 0.666. The van der Waals surface area contributed by atoms with E-state index < -0.39 is 0 Å². The SMILES string of the molecule is COCC1(CNC(=O)NC2CCCC2CCO)CCC1. The van der Waals surface area contributed by atoms with E-state index in [0.717, 1.165) is 45.1 Å². The van der Waals surface area contributed by atoms with Crippen LogP contribution in [0.4, 0.5) is 4.79 Å². The monoisotopic (exact) mass is 284 g/mol. The molecule has 2 atom stereocenters. The molecule has 0 saturated heterocycles. The van der Waals surface area contributed by atoms with Crippen molar-refractivity contribution in [3.05, 3.63) is 0 Å². The average molecular weight is 284 g/mol. The van der Waals surface area contributed by atoms with Crippen LogP contribution in [0.5, 0.6) is 0 Å². The standard InChI is InChI=1S/C15H28N2O3/c1-20-11-15(7-3-8-15)10-16-14(19)17-13-5-2-4-12(13)6-9-18/h12-13,18H,2-11H2,1H3,(H2,16,17,19). The number of carbonyl (C=O) groups is 1. The average Bonchev–Trinajstić information content (AvgIpc) is 2.80. The molecule has 2 aliphatic rings. The lowest BCUT2D eigenvalue weighted by Gasteiger charge is -2.41. The van der Waals surface area contributed by atoms with E-state index in [-0.39, 0.29) is 24.1 Å². The number of hydrogen-bond donors (Lipinski definition) is 3. The molecule has 0 bridgehead atoms. The van der Waals surface area contributed by atoms with Crippen molar-refractivity contribution in [1.29, 1.82) is 0 Å². The predicted octanol–water partition coefficient (Wildman–Crippen LogP) is 1.65. The fourth-order valence-corrected chi connectivity index (χ4v) is 3.58. The number of rotatable bonds is 7. The minimum Gasteiger partial charge on any atom is -0.396 e. The van der Waals surface area contributed by atoms with E-state index in [0.29, 0.717) is 12.5 Å². The zero-order valence-corrected chi connectivity index (χ0v) is 12.5. The number of aliphatic hydroxyl groups is 1. The highest BCUT2D eigenvalue weighted by molar-refractivity contribution is 5.74. The summed E-state index contributed by atoms with van der Waals surface area (Å²) in [7, 11) is 1.72. The minimum absolute atomic E-state index is 0.0674. The fraction of sp³-hybridized carbons (Fsp3) is 0.933. The van der Waals surface area contributed by atoms with E-state index in [9.17, 15) is 4.79 Å². The summed E-state index contributed by atoms with van der Waals surface area (Å²) in [5.41, 5.74) is 0.159. The molecule has 2 saturated carbocycles. The smallest absolute Gasteiger partial charge is 0.315 e. The molecule has 0 aliphatic heterocycles. The topological polar surface area (TPSA) is 70.6 Å². The first-order valence-electron chi connectivity index (χ1n) is 7.83. The molecular weight excluding hydrogens is 256 g/mol. The van der Waals surface area contributed by atoms with Gasteiger partial charge in [-0.2, -0.15) is 0 Å². The summed E-state index contributed by atoms with van der Waals surface area (Å²) in [4.78, 5) is 12.0. The molecule has 2 unspecified atom stereocenters. The van der Waals surface area contributed by atoms with Gasteiger partial charge in [0.1, 0.15) is 0 Å². The van der Waals surface area contributed by atoms with Crippen LogP contribution in [-0.4, -0.2) is 44.0 Å². The normalized spacial score (nSPS) is 27.9. The van der Waals surface area contributed by atoms with Gasteiger partial charge in [0, 0.05) is 31.7 Å². The van der Waals surface area contributed by atoms with Gasteiger partial charge in [0.2, 0.25) is 0 Å². The van der Waals surface area contributed by atoms with Crippen molar-refractivity contribution in [1.82, 2.24) is 10.6 Å². The highest BCUT2D eigenvalue weighted by Gasteiger charge is 2.37. The Morgan fingerprint density at radius 3 is 2.75 bits per heavy atom. The van der Waals surface area contributed by atoms with Gasteiger partial charge in [0.15, 0.2) is 0 Å². The lowest BCUT2D eigenvalue weighted by molar-refractivity contribution is 0.0199. The maximum Gasteiger partial charge on any atom is 0.315 e. The molecule has 2 amide bonds. The van der Waals surface area contributed by atoms with E-state index in [1.165, 1.54) is 6.42 Å². The largest absolute Gasteiger partial charge is 0.396 e. The second-order valence-corrected chi connectivity index (χ2v) is 6.42. The van der Waals surface area contributed by atoms with Gasteiger partial charge < -0.3 is 20.5 Å². The second-order valence-electron chi connectivity index (χ2n) is 6.42. The number of nitrogens with one attached hydrogen (secondary N) is 2. The summed E-state index contributed by atoms with van der Waals surface area (Å²) in [6, 6.07) is 0.157. The van der Waals surface area contributed by atoms with E-state index in [4.69, 9.17) is 9.84 Å². The van der Waals surface area contributed by atoms with Crippen LogP contribution < -0.4 is 10.6 Å². The van der Waals surface area contributed by atoms with E-state index >= 15 is 0 Å². The van der Waals surface area contributed by atoms with Crippen LogP contribution in [0.25, 0.3) is 0 Å². The number of aliphatic hydroxyl groups excluding tert-OH is 1. The van der Waals surface area contributed by atoms with Crippen LogP contribution >= 0.6 is 0 Å². The van der Waals surface area contributed by atoms with Crippen molar-refractivity contribution < 1.29 is 14.6 Å². The zero-order chi connectivity index (χ0) is 14.4. The van der Waals surface area contributed by atoms with Gasteiger partial charge in [-0.15, -0.1) is 0 Å². The number of amides is 2. The van der Waals surface area contributed by atoms with Crippen LogP contribution in [0.1, 0.15) is 44.9 Å². The first-order valence-corrected chi connectivity index (χ1v) is 7.83.